The summed E-state index contributed by atoms with van der Waals surface area (Å²) in [5.41, 5.74) is 0.0735. The number of nitrogens with zero attached hydrogens (tertiary/aromatic N) is 1. The summed E-state index contributed by atoms with van der Waals surface area (Å²) in [5.74, 6) is -0.913. The molecule has 43 heavy (non-hydrogen) atoms. The molecule has 3 aromatic carbocycles. The second kappa shape index (κ2) is 13.8. The number of carboxylic acid groups (broad SMARTS) is 1. The Labute approximate surface area is 280 Å². The van der Waals surface area contributed by atoms with Gasteiger partial charge in [0.2, 0.25) is 11.8 Å². The number of amides is 2. The van der Waals surface area contributed by atoms with Crippen LogP contribution < -0.4 is 24.8 Å². The predicted molar refractivity (Wildman–Crippen MR) is 161 cm³/mol. The van der Waals surface area contributed by atoms with Gasteiger partial charge in [-0.3, -0.25) is 19.4 Å². The number of carbonyl (C=O) groups excluding carboxylic acids is 2. The summed E-state index contributed by atoms with van der Waals surface area (Å²) in [6.45, 7) is -0.0358. The number of aliphatic carboxylic acids is 1. The molecule has 0 unspecified atom stereocenters. The van der Waals surface area contributed by atoms with E-state index < -0.39 is 29.0 Å². The first-order chi connectivity index (χ1) is 20.2. The summed E-state index contributed by atoms with van der Waals surface area (Å²) in [6, 6.07) is 15.0. The number of nitrogens with one attached hydrogen (secondary N) is 2. The maximum atomic E-state index is 13.2. The number of carboxylic acids is 1. The fraction of sp³-hybridized carbons (Fsp3) is 0.200. The van der Waals surface area contributed by atoms with Crippen molar-refractivity contribution in [3.05, 3.63) is 77.7 Å². The zero-order valence-corrected chi connectivity index (χ0v) is 23.0. The van der Waals surface area contributed by atoms with Crippen LogP contribution in [-0.4, -0.2) is 79.3 Å². The van der Waals surface area contributed by atoms with E-state index in [4.69, 9.17) is 30.9 Å². The Bertz CT molecular complexity index is 1680. The summed E-state index contributed by atoms with van der Waals surface area (Å²) in [5, 5.41) is 15.1. The summed E-state index contributed by atoms with van der Waals surface area (Å²) in [6.07, 6.45) is 2.13. The first-order valence-electron chi connectivity index (χ1n) is 12.9. The van der Waals surface area contributed by atoms with Gasteiger partial charge in [0.15, 0.2) is 11.5 Å². The van der Waals surface area contributed by atoms with E-state index in [-0.39, 0.29) is 55.8 Å². The van der Waals surface area contributed by atoms with E-state index >= 15 is 0 Å². The number of fused-ring (bicyclic) bond motifs is 1. The van der Waals surface area contributed by atoms with E-state index in [0.29, 0.717) is 58.1 Å². The number of halogens is 2. The van der Waals surface area contributed by atoms with Crippen LogP contribution in [0.4, 0.5) is 15.8 Å². The van der Waals surface area contributed by atoms with Crippen LogP contribution in [0.15, 0.2) is 66.9 Å². The fourth-order valence-corrected chi connectivity index (χ4v) is 4.45. The molecular weight excluding hydrogens is 609 g/mol. The Morgan fingerprint density at radius 1 is 0.930 bits per heavy atom. The Hall–Kier alpha value is -3.64. The van der Waals surface area contributed by atoms with Crippen LogP contribution in [0.3, 0.4) is 0 Å². The van der Waals surface area contributed by atoms with Gasteiger partial charge in [-0.25, -0.2) is 4.39 Å². The monoisotopic (exact) mass is 635 g/mol. The molecule has 13 heteroatoms. The molecule has 1 heterocycles. The van der Waals surface area contributed by atoms with Crippen LogP contribution in [-0.2, 0) is 14.4 Å². The average molecular weight is 636 g/mol. The Morgan fingerprint density at radius 2 is 1.60 bits per heavy atom. The van der Waals surface area contributed by atoms with Crippen LogP contribution >= 0.6 is 11.6 Å². The van der Waals surface area contributed by atoms with E-state index in [1.54, 1.807) is 36.5 Å². The Kier molecular flexibility index (Phi) is 10.3. The molecule has 0 bridgehead atoms. The molecule has 2 amide bonds. The van der Waals surface area contributed by atoms with Gasteiger partial charge < -0.3 is 30.0 Å². The fourth-order valence-electron chi connectivity index (χ4n) is 4.23. The van der Waals surface area contributed by atoms with Gasteiger partial charge >= 0.3 is 43.7 Å². The summed E-state index contributed by atoms with van der Waals surface area (Å²) >= 11 is 6.50. The predicted octanol–water partition coefficient (Wildman–Crippen LogP) is 5.12. The van der Waals surface area contributed by atoms with Crippen molar-refractivity contribution in [2.24, 2.45) is 5.41 Å². The van der Waals surface area contributed by atoms with Crippen molar-refractivity contribution in [3.63, 3.8) is 0 Å². The summed E-state index contributed by atoms with van der Waals surface area (Å²) in [7, 11) is 1.46. The number of aromatic nitrogens is 1. The van der Waals surface area contributed by atoms with Crippen molar-refractivity contribution in [2.45, 2.75) is 19.3 Å². The quantitative estimate of drug-likeness (QED) is 0.153. The minimum absolute atomic E-state index is 0. The topological polar surface area (TPSA) is 136 Å². The summed E-state index contributed by atoms with van der Waals surface area (Å²) < 4.78 is 30.2. The number of ether oxygens (including phenoxy) is 3. The first-order valence-corrected chi connectivity index (χ1v) is 13.2. The van der Waals surface area contributed by atoms with Gasteiger partial charge in [-0.1, -0.05) is 11.6 Å². The van der Waals surface area contributed by atoms with Gasteiger partial charge in [0, 0.05) is 29.0 Å². The van der Waals surface area contributed by atoms with Crippen molar-refractivity contribution >= 4 is 89.4 Å². The van der Waals surface area contributed by atoms with Gasteiger partial charge in [-0.15, -0.1) is 0 Å². The van der Waals surface area contributed by atoms with E-state index in [1.807, 2.05) is 0 Å². The van der Waals surface area contributed by atoms with E-state index in [2.05, 4.69) is 15.6 Å². The van der Waals surface area contributed by atoms with E-state index in [9.17, 15) is 18.8 Å². The molecule has 1 aliphatic carbocycles. The van der Waals surface area contributed by atoms with Crippen LogP contribution in [0.1, 0.15) is 19.3 Å². The Morgan fingerprint density at radius 3 is 2.23 bits per heavy atom. The third-order valence-electron chi connectivity index (χ3n) is 6.69. The van der Waals surface area contributed by atoms with E-state index in [1.165, 1.54) is 37.4 Å². The maximum absolute atomic E-state index is 13.2. The number of benzene rings is 3. The van der Waals surface area contributed by atoms with Crippen molar-refractivity contribution < 1.29 is 38.1 Å². The number of anilines is 2. The summed E-state index contributed by atoms with van der Waals surface area (Å²) in [4.78, 5) is 41.0. The standard InChI is InChI=1S/C30H25ClFN3O7.Ca.2H/c1-40-25-15-20-22(16-26(25)41-13-9-27(36)37)33-12-8-23(20)42-24-7-6-19(14-21(24)31)35-29(39)30(10-11-30)28(38)34-18-4-2-17(32)3-5-18;;;/h2-8,12,14-16H,9-11,13H2,1H3,(H,34,38)(H,35,39)(H,36,37);;;. The number of pyridine rings is 1. The molecule has 0 atom stereocenters. The molecule has 4 aromatic rings. The van der Waals surface area contributed by atoms with Gasteiger partial charge in [0.25, 0.3) is 0 Å². The van der Waals surface area contributed by atoms with Crippen LogP contribution in [0.25, 0.3) is 10.9 Å². The van der Waals surface area contributed by atoms with Gasteiger partial charge in [0.05, 0.1) is 30.7 Å². The minimum atomic E-state index is -1.22. The average Bonchev–Trinajstić information content (AvgIpc) is 3.78. The third kappa shape index (κ3) is 7.48. The molecule has 10 nitrogen and oxygen atoms in total. The van der Waals surface area contributed by atoms with Crippen LogP contribution in [0, 0.1) is 11.2 Å². The number of methoxy groups -OCH3 is 1. The molecule has 1 aromatic heterocycles. The second-order valence-corrected chi connectivity index (χ2v) is 9.97. The van der Waals surface area contributed by atoms with Gasteiger partial charge in [0.1, 0.15) is 22.7 Å². The second-order valence-electron chi connectivity index (χ2n) is 9.57. The van der Waals surface area contributed by atoms with Crippen molar-refractivity contribution in [3.8, 4) is 23.0 Å². The van der Waals surface area contributed by atoms with Crippen LogP contribution in [0.2, 0.25) is 5.02 Å². The number of hydrogen-bond donors (Lipinski definition) is 3. The molecule has 0 saturated heterocycles. The molecule has 0 spiro atoms. The molecule has 0 aliphatic heterocycles. The number of hydrogen-bond acceptors (Lipinski definition) is 7. The zero-order chi connectivity index (χ0) is 29.9. The first kappa shape index (κ1) is 32.3. The molecule has 0 radical (unpaired) electrons. The molecule has 1 saturated carbocycles. The Balaban J connectivity index is 0.00000423. The normalized spacial score (nSPS) is 12.9. The van der Waals surface area contributed by atoms with E-state index in [0.717, 1.165) is 0 Å². The SMILES string of the molecule is COc1cc2c(Oc3ccc(NC(=O)C4(C(=O)Nc5ccc(F)cc5)CC4)cc3Cl)ccnc2cc1OCCC(=O)O.[CaH2]. The van der Waals surface area contributed by atoms with Gasteiger partial charge in [-0.05, 0) is 67.4 Å². The zero-order valence-electron chi connectivity index (χ0n) is 22.3. The molecule has 220 valence electrons. The molecule has 1 aliphatic rings. The van der Waals surface area contributed by atoms with Gasteiger partial charge in [-0.2, -0.15) is 0 Å². The molecule has 3 N–H and O–H groups in total. The van der Waals surface area contributed by atoms with Crippen LogP contribution in [0.5, 0.6) is 23.0 Å². The third-order valence-corrected chi connectivity index (χ3v) is 6.99. The van der Waals surface area contributed by atoms with Crippen molar-refractivity contribution in [1.82, 2.24) is 4.98 Å². The molecule has 5 rings (SSSR count). The number of rotatable bonds is 11. The number of carbonyl (C=O) groups is 3. The van der Waals surface area contributed by atoms with Crippen molar-refractivity contribution in [2.75, 3.05) is 24.4 Å². The van der Waals surface area contributed by atoms with Crippen molar-refractivity contribution in [1.29, 1.82) is 0 Å². The molecular formula is C30H27CaClFN3O7. The molecule has 1 fully saturated rings.